The molecule has 1 heterocycles. The maximum absolute atomic E-state index is 14.4. The molecule has 0 aromatic heterocycles. The average molecular weight is 782 g/mol. The fraction of sp³-hybridized carbons (Fsp3) is 0.447. The van der Waals surface area contributed by atoms with E-state index in [1.807, 2.05) is 13.8 Å². The first-order valence-electron chi connectivity index (χ1n) is 17.6. The van der Waals surface area contributed by atoms with E-state index in [0.29, 0.717) is 25.9 Å². The molecule has 0 fully saturated rings. The molecule has 1 aliphatic rings. The molecule has 300 valence electrons. The maximum Gasteiger partial charge on any atom is 0.416 e. The highest BCUT2D eigenvalue weighted by atomic mass is 19.4. The molecule has 17 heteroatoms. The smallest absolute Gasteiger partial charge is 0.416 e. The summed E-state index contributed by atoms with van der Waals surface area (Å²) in [5.74, 6) is -0.716. The van der Waals surface area contributed by atoms with Crippen molar-refractivity contribution >= 4 is 35.0 Å². The molecule has 0 saturated heterocycles. The highest BCUT2D eigenvalue weighted by Gasteiger charge is 2.33. The van der Waals surface area contributed by atoms with Gasteiger partial charge in [0.1, 0.15) is 5.75 Å². The van der Waals surface area contributed by atoms with Gasteiger partial charge in [-0.15, -0.1) is 0 Å². The van der Waals surface area contributed by atoms with Gasteiger partial charge in [-0.2, -0.15) is 26.3 Å². The number of carbonyl (C=O) groups excluding carboxylic acids is 3. The minimum absolute atomic E-state index is 0.0562. The van der Waals surface area contributed by atoms with Gasteiger partial charge in [-0.1, -0.05) is 6.92 Å². The van der Waals surface area contributed by atoms with Crippen LogP contribution in [-0.4, -0.2) is 84.5 Å². The predicted octanol–water partition coefficient (Wildman–Crippen LogP) is 8.33. The highest BCUT2D eigenvalue weighted by molar-refractivity contribution is 6.02. The zero-order valence-electron chi connectivity index (χ0n) is 30.8. The molecule has 5 amide bonds. The lowest BCUT2D eigenvalue weighted by atomic mass is 10.0. The summed E-state index contributed by atoms with van der Waals surface area (Å²) < 4.78 is 90.4. The van der Waals surface area contributed by atoms with Crippen LogP contribution in [0, 0.1) is 5.92 Å². The van der Waals surface area contributed by atoms with Crippen LogP contribution < -0.4 is 20.7 Å². The first-order chi connectivity index (χ1) is 25.8. The monoisotopic (exact) mass is 781 g/mol. The van der Waals surface area contributed by atoms with Crippen LogP contribution in [0.15, 0.2) is 66.7 Å². The first kappa shape index (κ1) is 42.7. The Morgan fingerprint density at radius 1 is 0.873 bits per heavy atom. The molecule has 4 atom stereocenters. The van der Waals surface area contributed by atoms with Gasteiger partial charge in [0, 0.05) is 49.7 Å². The average Bonchev–Trinajstić information content (AvgIpc) is 3.12. The van der Waals surface area contributed by atoms with Gasteiger partial charge >= 0.3 is 24.4 Å². The van der Waals surface area contributed by atoms with Gasteiger partial charge in [-0.3, -0.25) is 4.79 Å². The number of carbonyl (C=O) groups is 3. The first-order valence-corrected chi connectivity index (χ1v) is 17.6. The third kappa shape index (κ3) is 12.2. The van der Waals surface area contributed by atoms with Crippen molar-refractivity contribution in [3.05, 3.63) is 83.4 Å². The van der Waals surface area contributed by atoms with E-state index in [1.165, 1.54) is 35.0 Å². The predicted molar refractivity (Wildman–Crippen MR) is 194 cm³/mol. The lowest BCUT2D eigenvalue weighted by molar-refractivity contribution is -0.138. The lowest BCUT2D eigenvalue weighted by Crippen LogP contribution is -2.48. The van der Waals surface area contributed by atoms with Crippen molar-refractivity contribution in [3.8, 4) is 5.75 Å². The number of ether oxygens (including phenoxy) is 2. The van der Waals surface area contributed by atoms with Crippen molar-refractivity contribution in [3.63, 3.8) is 0 Å². The second-order valence-corrected chi connectivity index (χ2v) is 13.6. The van der Waals surface area contributed by atoms with Gasteiger partial charge in [0.15, 0.2) is 0 Å². The normalized spacial score (nSPS) is 19.3. The molecule has 4 rings (SSSR count). The van der Waals surface area contributed by atoms with E-state index in [1.54, 1.807) is 6.92 Å². The number of halogens is 6. The van der Waals surface area contributed by atoms with Crippen LogP contribution in [0.5, 0.6) is 5.75 Å². The topological polar surface area (TPSA) is 132 Å². The van der Waals surface area contributed by atoms with Gasteiger partial charge in [0.2, 0.25) is 0 Å². The van der Waals surface area contributed by atoms with E-state index in [-0.39, 0.29) is 47.6 Å². The third-order valence-electron chi connectivity index (χ3n) is 9.04. The SMILES string of the molecule is C[C@@H]1CCCCO[C@H](CN(C)C(=O)Nc2ccc(C(F)(F)F)cc2)[C@H](C)CN([C@H](C)CO)C(=O)c2cc(NC(=O)Nc3ccc(C(F)(F)F)cc3)ccc2O1. The standard InChI is InChI=1S/C38H45F6N5O6/c1-23-20-49(24(2)22-50)34(51)31-19-30(46-35(52)45-28-12-8-26(9-13-28)37(39,40)41)16-17-32(31)55-25(3)7-5-6-18-54-33(23)21-48(4)36(53)47-29-14-10-27(11-15-29)38(42,43)44/h8-17,19,23-25,33,50H,5-7,18,20-22H2,1-4H3,(H,47,53)(H2,45,46,52)/t23-,24-,25-,33-/m1/s1. The summed E-state index contributed by atoms with van der Waals surface area (Å²) in [6.07, 6.45) is -8.06. The molecule has 3 aromatic carbocycles. The number of benzene rings is 3. The molecular formula is C38H45F6N5O6. The molecule has 0 radical (unpaired) electrons. The molecule has 0 bridgehead atoms. The minimum atomic E-state index is -4.54. The number of nitrogens with zero attached hydrogens (tertiary/aromatic N) is 2. The summed E-state index contributed by atoms with van der Waals surface area (Å²) in [6, 6.07) is 10.3. The Morgan fingerprint density at radius 3 is 1.98 bits per heavy atom. The molecule has 0 spiro atoms. The van der Waals surface area contributed by atoms with Crippen molar-refractivity contribution in [1.82, 2.24) is 9.80 Å². The Labute approximate surface area is 315 Å². The summed E-state index contributed by atoms with van der Waals surface area (Å²) in [5, 5.41) is 17.8. The Balaban J connectivity index is 1.54. The summed E-state index contributed by atoms with van der Waals surface area (Å²) in [6.45, 7) is 5.36. The highest BCUT2D eigenvalue weighted by Crippen LogP contribution is 2.32. The van der Waals surface area contributed by atoms with E-state index in [0.717, 1.165) is 48.5 Å². The number of anilines is 3. The number of rotatable bonds is 7. The number of fused-ring (bicyclic) bond motifs is 1. The van der Waals surface area contributed by atoms with Crippen molar-refractivity contribution in [2.75, 3.05) is 49.3 Å². The maximum atomic E-state index is 14.4. The quantitative estimate of drug-likeness (QED) is 0.178. The van der Waals surface area contributed by atoms with E-state index in [2.05, 4.69) is 16.0 Å². The zero-order chi connectivity index (χ0) is 40.5. The summed E-state index contributed by atoms with van der Waals surface area (Å²) in [5.41, 5.74) is -1.20. The number of likely N-dealkylation sites (N-methyl/N-ethyl adjacent to an activating group) is 1. The number of aliphatic hydroxyl groups is 1. The lowest BCUT2D eigenvalue weighted by Gasteiger charge is -2.35. The van der Waals surface area contributed by atoms with Gasteiger partial charge in [0.05, 0.1) is 41.5 Å². The largest absolute Gasteiger partial charge is 0.490 e. The minimum Gasteiger partial charge on any atom is -0.490 e. The van der Waals surface area contributed by atoms with Gasteiger partial charge < -0.3 is 40.3 Å². The van der Waals surface area contributed by atoms with Crippen LogP contribution in [-0.2, 0) is 17.1 Å². The Morgan fingerprint density at radius 2 is 1.42 bits per heavy atom. The Kier molecular flexibility index (Phi) is 14.4. The van der Waals surface area contributed by atoms with Crippen molar-refractivity contribution in [2.24, 2.45) is 5.92 Å². The summed E-state index contributed by atoms with van der Waals surface area (Å²) in [7, 11) is 1.51. The van der Waals surface area contributed by atoms with Crippen molar-refractivity contribution in [1.29, 1.82) is 0 Å². The second kappa shape index (κ2) is 18.5. The zero-order valence-corrected chi connectivity index (χ0v) is 30.8. The van der Waals surface area contributed by atoms with Gasteiger partial charge in [0.25, 0.3) is 5.91 Å². The molecule has 55 heavy (non-hydrogen) atoms. The van der Waals surface area contributed by atoms with Crippen LogP contribution in [0.25, 0.3) is 0 Å². The van der Waals surface area contributed by atoms with E-state index in [9.17, 15) is 45.8 Å². The number of hydrogen-bond acceptors (Lipinski definition) is 6. The molecule has 1 aliphatic heterocycles. The molecular weight excluding hydrogens is 736 g/mol. The summed E-state index contributed by atoms with van der Waals surface area (Å²) in [4.78, 5) is 43.1. The Bertz CT molecular complexity index is 1760. The van der Waals surface area contributed by atoms with Crippen LogP contribution >= 0.6 is 0 Å². The number of nitrogens with one attached hydrogen (secondary N) is 3. The molecule has 0 unspecified atom stereocenters. The third-order valence-corrected chi connectivity index (χ3v) is 9.04. The number of amides is 5. The van der Waals surface area contributed by atoms with Crippen molar-refractivity contribution < 1.29 is 55.3 Å². The van der Waals surface area contributed by atoms with Crippen LogP contribution in [0.1, 0.15) is 61.5 Å². The van der Waals surface area contributed by atoms with Crippen LogP contribution in [0.3, 0.4) is 0 Å². The van der Waals surface area contributed by atoms with E-state index in [4.69, 9.17) is 9.47 Å². The molecule has 0 aliphatic carbocycles. The summed E-state index contributed by atoms with van der Waals surface area (Å²) >= 11 is 0. The van der Waals surface area contributed by atoms with Crippen LogP contribution in [0.2, 0.25) is 0 Å². The van der Waals surface area contributed by atoms with Gasteiger partial charge in [-0.05, 0) is 99.8 Å². The van der Waals surface area contributed by atoms with Crippen LogP contribution in [0.4, 0.5) is 53.0 Å². The number of aliphatic hydroxyl groups excluding tert-OH is 1. The molecule has 0 saturated carbocycles. The van der Waals surface area contributed by atoms with E-state index < -0.39 is 66.1 Å². The fourth-order valence-corrected chi connectivity index (χ4v) is 5.81. The second-order valence-electron chi connectivity index (χ2n) is 13.6. The molecule has 4 N–H and O–H groups in total. The van der Waals surface area contributed by atoms with E-state index >= 15 is 0 Å². The van der Waals surface area contributed by atoms with Gasteiger partial charge in [-0.25, -0.2) is 9.59 Å². The number of urea groups is 2. The molecule has 11 nitrogen and oxygen atoms in total. The number of alkyl halides is 6. The van der Waals surface area contributed by atoms with Crippen molar-refractivity contribution in [2.45, 2.75) is 70.6 Å². The molecule has 3 aromatic rings. The fourth-order valence-electron chi connectivity index (χ4n) is 5.81. The number of hydrogen-bond donors (Lipinski definition) is 4. The Hall–Kier alpha value is -5.03.